The zero-order valence-corrected chi connectivity index (χ0v) is 10.3. The van der Waals surface area contributed by atoms with Crippen molar-refractivity contribution in [1.29, 1.82) is 0 Å². The van der Waals surface area contributed by atoms with Crippen molar-refractivity contribution in [1.82, 2.24) is 0 Å². The molecule has 0 heterocycles. The molecule has 0 aromatic rings. The predicted molar refractivity (Wildman–Crippen MR) is 61.7 cm³/mol. The summed E-state index contributed by atoms with van der Waals surface area (Å²) in [5, 5.41) is 0. The number of ether oxygens (including phenoxy) is 1. The van der Waals surface area contributed by atoms with E-state index in [1.165, 1.54) is 5.57 Å². The van der Waals surface area contributed by atoms with Gasteiger partial charge in [0.05, 0.1) is 6.61 Å². The normalized spacial score (nSPS) is 32.9. The highest BCUT2D eigenvalue weighted by molar-refractivity contribution is 5.18. The molecule has 0 aromatic heterocycles. The molecule has 15 heavy (non-hydrogen) atoms. The molecule has 0 saturated carbocycles. The van der Waals surface area contributed by atoms with Crippen molar-refractivity contribution in [3.05, 3.63) is 11.6 Å². The Labute approximate surface area is 92.7 Å². The van der Waals surface area contributed by atoms with Gasteiger partial charge < -0.3 is 4.74 Å². The Morgan fingerprint density at radius 3 is 2.73 bits per heavy atom. The van der Waals surface area contributed by atoms with Crippen LogP contribution in [0.1, 0.15) is 40.0 Å². The van der Waals surface area contributed by atoms with Gasteiger partial charge in [-0.1, -0.05) is 25.5 Å². The molecule has 1 rings (SSSR count). The molecule has 3 atom stereocenters. The number of methoxy groups -OCH3 is 1. The fourth-order valence-corrected chi connectivity index (χ4v) is 2.63. The van der Waals surface area contributed by atoms with Crippen LogP contribution in [-0.2, 0) is 4.74 Å². The van der Waals surface area contributed by atoms with Crippen LogP contribution in [0.4, 0.5) is 4.39 Å². The van der Waals surface area contributed by atoms with E-state index >= 15 is 0 Å². The zero-order valence-electron chi connectivity index (χ0n) is 10.3. The largest absolute Gasteiger partial charge is 0.384 e. The van der Waals surface area contributed by atoms with Crippen LogP contribution in [0.25, 0.3) is 0 Å². The van der Waals surface area contributed by atoms with Crippen molar-refractivity contribution >= 4 is 0 Å². The number of hydrogen-bond donors (Lipinski definition) is 0. The van der Waals surface area contributed by atoms with E-state index in [0.29, 0.717) is 25.4 Å². The summed E-state index contributed by atoms with van der Waals surface area (Å²) in [7, 11) is 1.70. The van der Waals surface area contributed by atoms with E-state index in [1.807, 2.05) is 6.92 Å². The van der Waals surface area contributed by atoms with Crippen LogP contribution in [0.3, 0.4) is 0 Å². The Bertz CT molecular complexity index is 237. The first-order valence-corrected chi connectivity index (χ1v) is 5.85. The summed E-state index contributed by atoms with van der Waals surface area (Å²) in [5.74, 6) is 0.573. The third-order valence-electron chi connectivity index (χ3n) is 3.53. The molecule has 0 amide bonds. The molecular weight excluding hydrogens is 191 g/mol. The van der Waals surface area contributed by atoms with E-state index in [-0.39, 0.29) is 5.41 Å². The second-order valence-corrected chi connectivity index (χ2v) is 5.00. The van der Waals surface area contributed by atoms with Gasteiger partial charge in [0.15, 0.2) is 0 Å². The van der Waals surface area contributed by atoms with Crippen LogP contribution in [0.2, 0.25) is 0 Å². The van der Waals surface area contributed by atoms with Gasteiger partial charge in [-0.25, -0.2) is 4.39 Å². The molecule has 0 saturated heterocycles. The number of allylic oxidation sites excluding steroid dienone is 1. The lowest BCUT2D eigenvalue weighted by Gasteiger charge is -2.28. The lowest BCUT2D eigenvalue weighted by molar-refractivity contribution is 0.0778. The number of hydrogen-bond acceptors (Lipinski definition) is 1. The summed E-state index contributed by atoms with van der Waals surface area (Å²) in [6, 6.07) is 0. The molecule has 2 heteroatoms. The fourth-order valence-electron chi connectivity index (χ4n) is 2.63. The molecule has 0 spiro atoms. The average Bonchev–Trinajstić information content (AvgIpc) is 2.42. The van der Waals surface area contributed by atoms with Crippen molar-refractivity contribution in [3.63, 3.8) is 0 Å². The second-order valence-electron chi connectivity index (χ2n) is 5.00. The summed E-state index contributed by atoms with van der Waals surface area (Å²) < 4.78 is 18.8. The summed E-state index contributed by atoms with van der Waals surface area (Å²) in [6.07, 6.45) is 3.79. The standard InChI is InChI=1S/C13H23FO/c1-5-12(14)8-13(9-15-4)6-10(2)11(3)7-13/h6,11-12H,5,7-9H2,1-4H3/t11-,12+,13-/m1/s1. The minimum absolute atomic E-state index is 0.0479. The molecule has 0 bridgehead atoms. The minimum Gasteiger partial charge on any atom is -0.384 e. The Kier molecular flexibility index (Phi) is 4.32. The second kappa shape index (κ2) is 5.11. The first-order chi connectivity index (χ1) is 7.03. The van der Waals surface area contributed by atoms with Gasteiger partial charge >= 0.3 is 0 Å². The van der Waals surface area contributed by atoms with Crippen molar-refractivity contribution in [2.24, 2.45) is 11.3 Å². The quantitative estimate of drug-likeness (QED) is 0.633. The van der Waals surface area contributed by atoms with Gasteiger partial charge in [-0.3, -0.25) is 0 Å². The van der Waals surface area contributed by atoms with Crippen molar-refractivity contribution in [3.8, 4) is 0 Å². The molecule has 0 N–H and O–H groups in total. The average molecular weight is 214 g/mol. The smallest absolute Gasteiger partial charge is 0.101 e. The lowest BCUT2D eigenvalue weighted by atomic mass is 9.81. The maximum atomic E-state index is 13.5. The summed E-state index contributed by atoms with van der Waals surface area (Å²) in [4.78, 5) is 0. The molecule has 1 aliphatic rings. The van der Waals surface area contributed by atoms with Crippen molar-refractivity contribution in [2.45, 2.75) is 46.2 Å². The monoisotopic (exact) mass is 214 g/mol. The van der Waals surface area contributed by atoms with Crippen LogP contribution in [0, 0.1) is 11.3 Å². The molecular formula is C13H23FO. The molecule has 0 unspecified atom stereocenters. The third kappa shape index (κ3) is 3.04. The molecule has 0 fully saturated rings. The number of alkyl halides is 1. The topological polar surface area (TPSA) is 9.23 Å². The fraction of sp³-hybridized carbons (Fsp3) is 0.846. The first kappa shape index (κ1) is 12.7. The summed E-state index contributed by atoms with van der Waals surface area (Å²) in [6.45, 7) is 6.90. The Hall–Kier alpha value is -0.370. The predicted octanol–water partition coefficient (Wildman–Crippen LogP) is 3.74. The first-order valence-electron chi connectivity index (χ1n) is 5.85. The van der Waals surface area contributed by atoms with Crippen LogP contribution < -0.4 is 0 Å². The minimum atomic E-state index is -0.700. The van der Waals surface area contributed by atoms with E-state index < -0.39 is 6.17 Å². The summed E-state index contributed by atoms with van der Waals surface area (Å²) in [5.41, 5.74) is 1.34. The van der Waals surface area contributed by atoms with Gasteiger partial charge in [-0.15, -0.1) is 0 Å². The maximum absolute atomic E-state index is 13.5. The maximum Gasteiger partial charge on any atom is 0.101 e. The number of halogens is 1. The van der Waals surface area contributed by atoms with Gasteiger partial charge in [-0.2, -0.15) is 0 Å². The Morgan fingerprint density at radius 1 is 1.67 bits per heavy atom. The van der Waals surface area contributed by atoms with Gasteiger partial charge in [0, 0.05) is 12.5 Å². The molecule has 1 aliphatic carbocycles. The van der Waals surface area contributed by atoms with Gasteiger partial charge in [0.25, 0.3) is 0 Å². The van der Waals surface area contributed by atoms with Gasteiger partial charge in [0.2, 0.25) is 0 Å². The number of rotatable bonds is 5. The molecule has 1 nitrogen and oxygen atoms in total. The van der Waals surface area contributed by atoms with Gasteiger partial charge in [0.1, 0.15) is 6.17 Å². The molecule has 88 valence electrons. The van der Waals surface area contributed by atoms with E-state index in [0.717, 1.165) is 6.42 Å². The van der Waals surface area contributed by atoms with E-state index in [2.05, 4.69) is 19.9 Å². The van der Waals surface area contributed by atoms with Gasteiger partial charge in [-0.05, 0) is 32.1 Å². The third-order valence-corrected chi connectivity index (χ3v) is 3.53. The van der Waals surface area contributed by atoms with Crippen LogP contribution >= 0.6 is 0 Å². The van der Waals surface area contributed by atoms with Crippen molar-refractivity contribution < 1.29 is 9.13 Å². The van der Waals surface area contributed by atoms with E-state index in [1.54, 1.807) is 7.11 Å². The summed E-state index contributed by atoms with van der Waals surface area (Å²) >= 11 is 0. The SMILES string of the molecule is CC[C@H](F)C[C@@]1(COC)C=C(C)[C@H](C)C1. The highest BCUT2D eigenvalue weighted by atomic mass is 19.1. The van der Waals surface area contributed by atoms with Crippen LogP contribution in [-0.4, -0.2) is 19.9 Å². The molecule has 0 aliphatic heterocycles. The molecule has 0 radical (unpaired) electrons. The van der Waals surface area contributed by atoms with E-state index in [9.17, 15) is 4.39 Å². The van der Waals surface area contributed by atoms with Crippen LogP contribution in [0.15, 0.2) is 11.6 Å². The Morgan fingerprint density at radius 2 is 2.33 bits per heavy atom. The molecule has 0 aromatic carbocycles. The highest BCUT2D eigenvalue weighted by Gasteiger charge is 2.37. The van der Waals surface area contributed by atoms with Crippen molar-refractivity contribution in [2.75, 3.05) is 13.7 Å². The zero-order chi connectivity index (χ0) is 11.5. The Balaban J connectivity index is 2.73. The highest BCUT2D eigenvalue weighted by Crippen LogP contribution is 2.44. The van der Waals surface area contributed by atoms with E-state index in [4.69, 9.17) is 4.74 Å². The lowest BCUT2D eigenvalue weighted by Crippen LogP contribution is -2.26. The van der Waals surface area contributed by atoms with Crippen LogP contribution in [0.5, 0.6) is 0 Å².